The van der Waals surface area contributed by atoms with Crippen molar-refractivity contribution in [2.24, 2.45) is 5.92 Å². The van der Waals surface area contributed by atoms with Gasteiger partial charge in [0.15, 0.2) is 10.5 Å². The van der Waals surface area contributed by atoms with E-state index in [0.717, 1.165) is 0 Å². The Morgan fingerprint density at radius 3 is 2.18 bits per heavy atom. The maximum Gasteiger partial charge on any atom is 0.295 e. The molecule has 0 aromatic rings. The maximum atomic E-state index is 9.14. The van der Waals surface area contributed by atoms with Gasteiger partial charge in [-0.05, 0) is 12.3 Å². The monoisotopic (exact) mass is 180 g/mol. The van der Waals surface area contributed by atoms with Crippen LogP contribution in [0.15, 0.2) is 0 Å². The molecule has 0 heterocycles. The van der Waals surface area contributed by atoms with Crippen molar-refractivity contribution >= 4 is 10.5 Å². The standard InChI is InChI=1S/C6H16O4Si/c1-4(2)3-5(7)6(8,9)10-11/h4-5,7-9H,3H2,1-2,11H3. The topological polar surface area (TPSA) is 69.9 Å². The van der Waals surface area contributed by atoms with Gasteiger partial charge in [0.05, 0.1) is 0 Å². The highest BCUT2D eigenvalue weighted by molar-refractivity contribution is 5.98. The average Bonchev–Trinajstić information content (AvgIpc) is 1.86. The lowest BCUT2D eigenvalue weighted by Crippen LogP contribution is -2.44. The average molecular weight is 180 g/mol. The van der Waals surface area contributed by atoms with Crippen LogP contribution in [-0.4, -0.2) is 37.9 Å². The fourth-order valence-corrected chi connectivity index (χ4v) is 1.01. The fraction of sp³-hybridized carbons (Fsp3) is 1.00. The van der Waals surface area contributed by atoms with E-state index in [0.29, 0.717) is 6.42 Å². The molecule has 1 unspecified atom stereocenters. The molecule has 5 heteroatoms. The van der Waals surface area contributed by atoms with Gasteiger partial charge in [-0.25, -0.2) is 0 Å². The molecule has 1 atom stereocenters. The summed E-state index contributed by atoms with van der Waals surface area (Å²) in [7, 11) is 0.186. The molecule has 4 nitrogen and oxygen atoms in total. The lowest BCUT2D eigenvalue weighted by Gasteiger charge is -2.26. The van der Waals surface area contributed by atoms with Gasteiger partial charge < -0.3 is 19.7 Å². The summed E-state index contributed by atoms with van der Waals surface area (Å²) in [5.74, 6) is -2.14. The fourth-order valence-electron chi connectivity index (χ4n) is 0.736. The van der Waals surface area contributed by atoms with E-state index in [1.165, 1.54) is 0 Å². The van der Waals surface area contributed by atoms with Crippen LogP contribution in [0.1, 0.15) is 20.3 Å². The Balaban J connectivity index is 3.90. The van der Waals surface area contributed by atoms with Crippen LogP contribution in [0.2, 0.25) is 0 Å². The molecule has 0 aromatic carbocycles. The van der Waals surface area contributed by atoms with Crippen LogP contribution >= 0.6 is 0 Å². The molecular weight excluding hydrogens is 164 g/mol. The highest BCUT2D eigenvalue weighted by atomic mass is 28.2. The second kappa shape index (κ2) is 4.17. The lowest BCUT2D eigenvalue weighted by molar-refractivity contribution is -0.339. The Labute approximate surface area is 69.4 Å². The van der Waals surface area contributed by atoms with Crippen molar-refractivity contribution in [3.8, 4) is 0 Å². The van der Waals surface area contributed by atoms with Crippen LogP contribution in [0.5, 0.6) is 0 Å². The third-order valence-corrected chi connectivity index (χ3v) is 2.03. The molecule has 0 spiro atoms. The zero-order valence-electron chi connectivity index (χ0n) is 7.11. The van der Waals surface area contributed by atoms with Crippen molar-refractivity contribution in [3.05, 3.63) is 0 Å². The summed E-state index contributed by atoms with van der Waals surface area (Å²) in [5, 5.41) is 27.1. The van der Waals surface area contributed by atoms with Gasteiger partial charge >= 0.3 is 0 Å². The van der Waals surface area contributed by atoms with E-state index in [-0.39, 0.29) is 16.4 Å². The van der Waals surface area contributed by atoms with E-state index in [9.17, 15) is 0 Å². The number of aliphatic hydroxyl groups is 3. The third-order valence-electron chi connectivity index (χ3n) is 1.43. The second-order valence-corrected chi connectivity index (χ2v) is 3.42. The summed E-state index contributed by atoms with van der Waals surface area (Å²) in [6, 6.07) is 0. The molecule has 0 saturated carbocycles. The molecule has 0 saturated heterocycles. The van der Waals surface area contributed by atoms with Crippen LogP contribution in [0.4, 0.5) is 0 Å². The van der Waals surface area contributed by atoms with Gasteiger partial charge in [0.1, 0.15) is 6.10 Å². The van der Waals surface area contributed by atoms with E-state index in [1.54, 1.807) is 0 Å². The Kier molecular flexibility index (Phi) is 4.20. The molecular formula is C6H16O4Si. The van der Waals surface area contributed by atoms with Gasteiger partial charge in [-0.15, -0.1) is 0 Å². The number of hydrogen-bond donors (Lipinski definition) is 3. The van der Waals surface area contributed by atoms with E-state index in [1.807, 2.05) is 13.8 Å². The molecule has 0 aliphatic heterocycles. The predicted octanol–water partition coefficient (Wildman–Crippen LogP) is -1.67. The predicted molar refractivity (Wildman–Crippen MR) is 43.7 cm³/mol. The van der Waals surface area contributed by atoms with Crippen LogP contribution in [0.3, 0.4) is 0 Å². The number of rotatable bonds is 4. The lowest BCUT2D eigenvalue weighted by atomic mass is 10.0. The molecule has 0 rings (SSSR count). The minimum absolute atomic E-state index is 0.186. The largest absolute Gasteiger partial charge is 0.385 e. The summed E-state index contributed by atoms with van der Waals surface area (Å²) in [6.07, 6.45) is -0.908. The second-order valence-electron chi connectivity index (χ2n) is 3.01. The summed E-state index contributed by atoms with van der Waals surface area (Å²) in [4.78, 5) is 0. The quantitative estimate of drug-likeness (QED) is 0.357. The minimum Gasteiger partial charge on any atom is -0.385 e. The van der Waals surface area contributed by atoms with Crippen molar-refractivity contribution in [3.63, 3.8) is 0 Å². The Morgan fingerprint density at radius 2 is 1.91 bits per heavy atom. The molecule has 11 heavy (non-hydrogen) atoms. The van der Waals surface area contributed by atoms with Gasteiger partial charge in [0.25, 0.3) is 5.97 Å². The highest BCUT2D eigenvalue weighted by Gasteiger charge is 2.32. The van der Waals surface area contributed by atoms with Crippen molar-refractivity contribution < 1.29 is 19.7 Å². The molecule has 0 fully saturated rings. The molecule has 0 aliphatic carbocycles. The normalized spacial score (nSPS) is 15.8. The first-order valence-corrected chi connectivity index (χ1v) is 4.39. The van der Waals surface area contributed by atoms with Crippen LogP contribution in [0.25, 0.3) is 0 Å². The molecule has 3 N–H and O–H groups in total. The Bertz CT molecular complexity index is 115. The first kappa shape index (κ1) is 11.1. The van der Waals surface area contributed by atoms with Gasteiger partial charge in [0, 0.05) is 0 Å². The van der Waals surface area contributed by atoms with Crippen LogP contribution in [-0.2, 0) is 4.43 Å². The van der Waals surface area contributed by atoms with Crippen LogP contribution in [0, 0.1) is 5.92 Å². The smallest absolute Gasteiger partial charge is 0.295 e. The minimum atomic E-state index is -2.35. The van der Waals surface area contributed by atoms with Crippen molar-refractivity contribution in [2.45, 2.75) is 32.3 Å². The van der Waals surface area contributed by atoms with Gasteiger partial charge in [-0.2, -0.15) is 0 Å². The van der Waals surface area contributed by atoms with Gasteiger partial charge in [-0.1, -0.05) is 13.8 Å². The van der Waals surface area contributed by atoms with Crippen molar-refractivity contribution in [1.29, 1.82) is 0 Å². The molecule has 0 aromatic heterocycles. The van der Waals surface area contributed by atoms with E-state index in [2.05, 4.69) is 4.43 Å². The van der Waals surface area contributed by atoms with Crippen LogP contribution < -0.4 is 0 Å². The molecule has 0 aliphatic rings. The highest BCUT2D eigenvalue weighted by Crippen LogP contribution is 2.14. The van der Waals surface area contributed by atoms with E-state index < -0.39 is 12.1 Å². The van der Waals surface area contributed by atoms with E-state index in [4.69, 9.17) is 15.3 Å². The first-order valence-electron chi connectivity index (χ1n) is 3.58. The maximum absolute atomic E-state index is 9.14. The zero-order chi connectivity index (χ0) is 9.07. The third kappa shape index (κ3) is 3.83. The molecule has 0 radical (unpaired) electrons. The molecule has 0 bridgehead atoms. The molecule has 0 amide bonds. The zero-order valence-corrected chi connectivity index (χ0v) is 9.11. The summed E-state index contributed by atoms with van der Waals surface area (Å²) >= 11 is 0. The van der Waals surface area contributed by atoms with E-state index >= 15 is 0 Å². The first-order chi connectivity index (χ1) is 4.90. The Hall–Kier alpha value is 0.0569. The SMILES string of the molecule is CC(C)CC(O)C(O)(O)O[SiH3]. The van der Waals surface area contributed by atoms with Gasteiger partial charge in [0.2, 0.25) is 0 Å². The number of hydrogen-bond acceptors (Lipinski definition) is 4. The Morgan fingerprint density at radius 1 is 1.45 bits per heavy atom. The number of aliphatic hydroxyl groups excluding tert-OH is 1. The molecule has 68 valence electrons. The van der Waals surface area contributed by atoms with Gasteiger partial charge in [-0.3, -0.25) is 0 Å². The van der Waals surface area contributed by atoms with Crippen molar-refractivity contribution in [2.75, 3.05) is 0 Å². The summed E-state index contributed by atoms with van der Waals surface area (Å²) < 4.78 is 4.40. The van der Waals surface area contributed by atoms with Crippen molar-refractivity contribution in [1.82, 2.24) is 0 Å². The summed E-state index contributed by atoms with van der Waals surface area (Å²) in [5.41, 5.74) is 0. The summed E-state index contributed by atoms with van der Waals surface area (Å²) in [6.45, 7) is 3.76.